The molecule has 0 aliphatic carbocycles. The number of benzene rings is 3. The van der Waals surface area contributed by atoms with E-state index in [1.807, 2.05) is 35.7 Å². The molecule has 0 amide bonds. The average molecular weight is 491 g/mol. The van der Waals surface area contributed by atoms with Crippen molar-refractivity contribution in [3.05, 3.63) is 88.4 Å². The Morgan fingerprint density at radius 1 is 1.06 bits per heavy atom. The van der Waals surface area contributed by atoms with Gasteiger partial charge in [-0.05, 0) is 53.4 Å². The molecule has 1 heterocycles. The van der Waals surface area contributed by atoms with Crippen LogP contribution < -0.4 is 10.1 Å². The normalized spacial score (nSPS) is 12.8. The summed E-state index contributed by atoms with van der Waals surface area (Å²) in [4.78, 5) is 16.5. The number of carbonyl (C=O) groups is 1. The van der Waals surface area contributed by atoms with Gasteiger partial charge >= 0.3 is 5.97 Å². The van der Waals surface area contributed by atoms with E-state index in [0.717, 1.165) is 21.8 Å². The highest BCUT2D eigenvalue weighted by Gasteiger charge is 2.36. The molecule has 0 fully saturated rings. The van der Waals surface area contributed by atoms with Crippen LogP contribution in [-0.2, 0) is 26.5 Å². The van der Waals surface area contributed by atoms with Crippen LogP contribution in [0.25, 0.3) is 10.8 Å². The van der Waals surface area contributed by atoms with Gasteiger partial charge in [-0.2, -0.15) is 0 Å². The number of nitrogens with one attached hydrogen (secondary N) is 1. The Hall–Kier alpha value is -3.42. The Morgan fingerprint density at radius 2 is 1.89 bits per heavy atom. The summed E-state index contributed by atoms with van der Waals surface area (Å²) < 4.78 is 17.4. The Labute approximate surface area is 209 Å². The van der Waals surface area contributed by atoms with Crippen LogP contribution in [0.15, 0.2) is 72.2 Å². The summed E-state index contributed by atoms with van der Waals surface area (Å²) in [5, 5.41) is 8.35. The highest BCUT2D eigenvalue weighted by Crippen LogP contribution is 2.40. The number of anilines is 1. The molecule has 35 heavy (non-hydrogen) atoms. The predicted octanol–water partition coefficient (Wildman–Crippen LogP) is 6.15. The van der Waals surface area contributed by atoms with Crippen LogP contribution in [0.4, 0.5) is 5.69 Å². The molecule has 3 aromatic carbocycles. The number of nitrogens with zero attached hydrogens (tertiary/aromatic N) is 1. The lowest BCUT2D eigenvalue weighted by molar-refractivity contribution is -0.140. The minimum atomic E-state index is -0.725. The monoisotopic (exact) mass is 490 g/mol. The number of methoxy groups -OCH3 is 1. The number of esters is 1. The zero-order valence-electron chi connectivity index (χ0n) is 20.2. The SMILES string of the molecule is CCOC(=O)CNc1cc(OCc2ccc3ccccc3c2)cc(C(CC)(OC)c2nccs2)c1. The quantitative estimate of drug-likeness (QED) is 0.254. The van der Waals surface area contributed by atoms with Crippen LogP contribution in [0.3, 0.4) is 0 Å². The molecule has 4 aromatic rings. The molecule has 6 nitrogen and oxygen atoms in total. The van der Waals surface area contributed by atoms with Gasteiger partial charge in [0.2, 0.25) is 0 Å². The van der Waals surface area contributed by atoms with E-state index in [1.165, 1.54) is 10.8 Å². The predicted molar refractivity (Wildman–Crippen MR) is 140 cm³/mol. The van der Waals surface area contributed by atoms with Gasteiger partial charge in [-0.3, -0.25) is 4.79 Å². The molecule has 7 heteroatoms. The van der Waals surface area contributed by atoms with Crippen LogP contribution in [0.1, 0.15) is 36.4 Å². The highest BCUT2D eigenvalue weighted by molar-refractivity contribution is 7.09. The van der Waals surface area contributed by atoms with E-state index in [0.29, 0.717) is 25.4 Å². The van der Waals surface area contributed by atoms with Gasteiger partial charge in [0.15, 0.2) is 0 Å². The highest BCUT2D eigenvalue weighted by atomic mass is 32.1. The molecule has 0 saturated carbocycles. The van der Waals surface area contributed by atoms with Crippen molar-refractivity contribution in [1.82, 2.24) is 4.98 Å². The second kappa shape index (κ2) is 11.3. The van der Waals surface area contributed by atoms with Crippen LogP contribution in [-0.4, -0.2) is 31.2 Å². The van der Waals surface area contributed by atoms with E-state index in [1.54, 1.807) is 31.6 Å². The van der Waals surface area contributed by atoms with Gasteiger partial charge in [0, 0.05) is 30.4 Å². The molecule has 0 aliphatic heterocycles. The van der Waals surface area contributed by atoms with Gasteiger partial charge in [0.05, 0.1) is 6.61 Å². The largest absolute Gasteiger partial charge is 0.489 e. The number of ether oxygens (including phenoxy) is 3. The van der Waals surface area contributed by atoms with Gasteiger partial charge in [0.25, 0.3) is 0 Å². The summed E-state index contributed by atoms with van der Waals surface area (Å²) >= 11 is 1.55. The zero-order chi connectivity index (χ0) is 24.7. The van der Waals surface area contributed by atoms with Crippen molar-refractivity contribution in [3.8, 4) is 5.75 Å². The van der Waals surface area contributed by atoms with Crippen LogP contribution >= 0.6 is 11.3 Å². The van der Waals surface area contributed by atoms with Crippen molar-refractivity contribution in [2.75, 3.05) is 25.6 Å². The van der Waals surface area contributed by atoms with Gasteiger partial charge in [0.1, 0.15) is 29.5 Å². The molecule has 182 valence electrons. The van der Waals surface area contributed by atoms with E-state index in [-0.39, 0.29) is 12.5 Å². The molecule has 0 radical (unpaired) electrons. The van der Waals surface area contributed by atoms with Gasteiger partial charge in [-0.1, -0.05) is 43.3 Å². The minimum absolute atomic E-state index is 0.0603. The number of hydrogen-bond donors (Lipinski definition) is 1. The van der Waals surface area contributed by atoms with Crippen molar-refractivity contribution in [2.45, 2.75) is 32.5 Å². The van der Waals surface area contributed by atoms with Crippen molar-refractivity contribution in [1.29, 1.82) is 0 Å². The molecule has 0 spiro atoms. The average Bonchev–Trinajstić information content (AvgIpc) is 3.43. The van der Waals surface area contributed by atoms with Gasteiger partial charge in [-0.25, -0.2) is 4.98 Å². The third-order valence-electron chi connectivity index (χ3n) is 5.96. The first kappa shape index (κ1) is 24.7. The van der Waals surface area contributed by atoms with Crippen LogP contribution in [0, 0.1) is 0 Å². The van der Waals surface area contributed by atoms with Crippen LogP contribution in [0.2, 0.25) is 0 Å². The Bertz CT molecular complexity index is 1270. The lowest BCUT2D eigenvalue weighted by atomic mass is 9.90. The lowest BCUT2D eigenvalue weighted by Gasteiger charge is -2.30. The molecule has 1 N–H and O–H groups in total. The van der Waals surface area contributed by atoms with E-state index in [4.69, 9.17) is 14.2 Å². The van der Waals surface area contributed by atoms with Crippen LogP contribution in [0.5, 0.6) is 5.75 Å². The molecule has 0 aliphatic rings. The van der Waals surface area contributed by atoms with Crippen molar-refractivity contribution >= 4 is 33.8 Å². The summed E-state index contributed by atoms with van der Waals surface area (Å²) in [6.45, 7) is 4.67. The number of thiazole rings is 1. The first-order valence-electron chi connectivity index (χ1n) is 11.7. The summed E-state index contributed by atoms with van der Waals surface area (Å²) in [5.74, 6) is 0.360. The molecule has 4 rings (SSSR count). The number of rotatable bonds is 11. The third kappa shape index (κ3) is 5.63. The molecular formula is C28H30N2O4S. The maximum atomic E-state index is 12.0. The van der Waals surface area contributed by atoms with Crippen molar-refractivity contribution < 1.29 is 19.0 Å². The van der Waals surface area contributed by atoms with E-state index in [9.17, 15) is 4.79 Å². The first-order chi connectivity index (χ1) is 17.1. The van der Waals surface area contributed by atoms with E-state index < -0.39 is 5.60 Å². The number of carbonyl (C=O) groups excluding carboxylic acids is 1. The molecule has 1 unspecified atom stereocenters. The molecular weight excluding hydrogens is 460 g/mol. The molecule has 0 bridgehead atoms. The fourth-order valence-electron chi connectivity index (χ4n) is 4.15. The summed E-state index contributed by atoms with van der Waals surface area (Å²) in [6, 6.07) is 20.4. The second-order valence-electron chi connectivity index (χ2n) is 8.10. The summed E-state index contributed by atoms with van der Waals surface area (Å²) in [6.07, 6.45) is 2.46. The van der Waals surface area contributed by atoms with Crippen molar-refractivity contribution in [3.63, 3.8) is 0 Å². The first-order valence-corrected chi connectivity index (χ1v) is 12.6. The summed E-state index contributed by atoms with van der Waals surface area (Å²) in [5.41, 5.74) is 2.00. The third-order valence-corrected chi connectivity index (χ3v) is 6.87. The standard InChI is InChI=1S/C28H30N2O4S/c1-4-28(32-3,27-29-12-13-35-27)23-15-24(30-18-26(31)33-5-2)17-25(16-23)34-19-20-10-11-21-8-6-7-9-22(21)14-20/h6-17,30H,4-5,18-19H2,1-3H3. The van der Waals surface area contributed by atoms with E-state index >= 15 is 0 Å². The number of fused-ring (bicyclic) bond motifs is 1. The smallest absolute Gasteiger partial charge is 0.325 e. The zero-order valence-corrected chi connectivity index (χ0v) is 21.1. The molecule has 1 atom stereocenters. The van der Waals surface area contributed by atoms with Gasteiger partial charge < -0.3 is 19.5 Å². The number of aromatic nitrogens is 1. The maximum absolute atomic E-state index is 12.0. The van der Waals surface area contributed by atoms with Crippen molar-refractivity contribution in [2.24, 2.45) is 0 Å². The topological polar surface area (TPSA) is 69.7 Å². The Balaban J connectivity index is 1.65. The van der Waals surface area contributed by atoms with E-state index in [2.05, 4.69) is 47.6 Å². The Morgan fingerprint density at radius 3 is 2.60 bits per heavy atom. The summed E-state index contributed by atoms with van der Waals surface area (Å²) in [7, 11) is 1.69. The Kier molecular flexibility index (Phi) is 8.00. The van der Waals surface area contributed by atoms with Gasteiger partial charge in [-0.15, -0.1) is 11.3 Å². The molecule has 1 aromatic heterocycles. The lowest BCUT2D eigenvalue weighted by Crippen LogP contribution is -2.29. The maximum Gasteiger partial charge on any atom is 0.325 e. The fraction of sp³-hybridized carbons (Fsp3) is 0.286. The fourth-order valence-corrected chi connectivity index (χ4v) is 5.06. The second-order valence-corrected chi connectivity index (χ2v) is 8.99. The molecule has 0 saturated heterocycles. The minimum Gasteiger partial charge on any atom is -0.489 e. The number of hydrogen-bond acceptors (Lipinski definition) is 7.